The van der Waals surface area contributed by atoms with Gasteiger partial charge >= 0.3 is 5.97 Å². The van der Waals surface area contributed by atoms with Crippen LogP contribution in [0.2, 0.25) is 5.02 Å². The molecule has 0 heterocycles. The summed E-state index contributed by atoms with van der Waals surface area (Å²) in [6, 6.07) is 11.5. The van der Waals surface area contributed by atoms with E-state index < -0.39 is 30.2 Å². The van der Waals surface area contributed by atoms with Crippen LogP contribution in [0.5, 0.6) is 0 Å². The zero-order chi connectivity index (χ0) is 22.1. The Balaban J connectivity index is 1.69. The second-order valence-corrected chi connectivity index (χ2v) is 6.83. The van der Waals surface area contributed by atoms with Gasteiger partial charge in [-0.2, -0.15) is 0 Å². The van der Waals surface area contributed by atoms with Gasteiger partial charge in [-0.05, 0) is 48.5 Å². The number of hydrogen-bond acceptors (Lipinski definition) is 5. The highest BCUT2D eigenvalue weighted by atomic mass is 35.5. The van der Waals surface area contributed by atoms with Crippen molar-refractivity contribution in [1.29, 1.82) is 0 Å². The number of benzene rings is 2. The number of nitrogens with zero attached hydrogens (tertiary/aromatic N) is 1. The van der Waals surface area contributed by atoms with Gasteiger partial charge in [-0.3, -0.25) is 19.2 Å². The standard InChI is InChI=1S/C21H20ClFN2O5/c1-25(12-19(27)24-17-8-6-16(23)7-9-17)20(28)13-30-21(29)11-10-18(26)14-2-4-15(22)5-3-14/h2-9H,10-13H2,1H3,(H,24,27). The molecule has 0 aromatic heterocycles. The fraction of sp³-hybridized carbons (Fsp3) is 0.238. The number of ether oxygens (including phenoxy) is 1. The Morgan fingerprint density at radius 2 is 1.63 bits per heavy atom. The molecule has 1 N–H and O–H groups in total. The molecule has 0 aliphatic heterocycles. The Labute approximate surface area is 177 Å². The molecule has 2 aromatic carbocycles. The molecule has 2 rings (SSSR count). The average molecular weight is 435 g/mol. The molecule has 0 spiro atoms. The first-order valence-electron chi connectivity index (χ1n) is 8.98. The predicted molar refractivity (Wildman–Crippen MR) is 109 cm³/mol. The number of carbonyl (C=O) groups excluding carboxylic acids is 4. The molecule has 9 heteroatoms. The van der Waals surface area contributed by atoms with Crippen molar-refractivity contribution >= 4 is 40.9 Å². The van der Waals surface area contributed by atoms with Gasteiger partial charge in [0, 0.05) is 29.7 Å². The highest BCUT2D eigenvalue weighted by molar-refractivity contribution is 6.30. The minimum atomic E-state index is -0.699. The van der Waals surface area contributed by atoms with Gasteiger partial charge in [-0.25, -0.2) is 4.39 Å². The fourth-order valence-corrected chi connectivity index (χ4v) is 2.48. The van der Waals surface area contributed by atoms with Crippen molar-refractivity contribution in [2.45, 2.75) is 12.8 Å². The van der Waals surface area contributed by atoms with Crippen molar-refractivity contribution in [3.8, 4) is 0 Å². The van der Waals surface area contributed by atoms with Gasteiger partial charge in [0.1, 0.15) is 5.82 Å². The van der Waals surface area contributed by atoms with Crippen LogP contribution in [0.1, 0.15) is 23.2 Å². The largest absolute Gasteiger partial charge is 0.456 e. The lowest BCUT2D eigenvalue weighted by Gasteiger charge is -2.16. The topological polar surface area (TPSA) is 92.8 Å². The van der Waals surface area contributed by atoms with Gasteiger partial charge in [-0.15, -0.1) is 0 Å². The number of nitrogens with one attached hydrogen (secondary N) is 1. The van der Waals surface area contributed by atoms with E-state index in [0.29, 0.717) is 16.3 Å². The Kier molecular flexibility index (Phi) is 8.49. The molecule has 0 fully saturated rings. The van der Waals surface area contributed by atoms with E-state index in [-0.39, 0.29) is 25.2 Å². The molecule has 0 aliphatic carbocycles. The highest BCUT2D eigenvalue weighted by Gasteiger charge is 2.16. The second kappa shape index (κ2) is 11.1. The van der Waals surface area contributed by atoms with Crippen LogP contribution in [0.25, 0.3) is 0 Å². The first-order valence-corrected chi connectivity index (χ1v) is 9.36. The molecule has 0 radical (unpaired) electrons. The third-order valence-electron chi connectivity index (χ3n) is 4.01. The summed E-state index contributed by atoms with van der Waals surface area (Å²) in [7, 11) is 1.38. The number of amides is 2. The maximum atomic E-state index is 12.9. The molecular formula is C21H20ClFN2O5. The summed E-state index contributed by atoms with van der Waals surface area (Å²) in [5, 5.41) is 3.02. The lowest BCUT2D eigenvalue weighted by Crippen LogP contribution is -2.37. The monoisotopic (exact) mass is 434 g/mol. The number of Topliss-reactive ketones (excluding diaryl/α,β-unsaturated/α-hetero) is 1. The minimum absolute atomic E-state index is 0.0649. The first-order chi connectivity index (χ1) is 14.2. The maximum absolute atomic E-state index is 12.9. The van der Waals surface area contributed by atoms with Crippen LogP contribution in [-0.4, -0.2) is 48.7 Å². The van der Waals surface area contributed by atoms with Gasteiger partial charge in [0.15, 0.2) is 12.4 Å². The average Bonchev–Trinajstić information content (AvgIpc) is 2.72. The van der Waals surface area contributed by atoms with Crippen molar-refractivity contribution < 1.29 is 28.3 Å². The maximum Gasteiger partial charge on any atom is 0.306 e. The molecule has 0 bridgehead atoms. The predicted octanol–water partition coefficient (Wildman–Crippen LogP) is 3.08. The summed E-state index contributed by atoms with van der Waals surface area (Å²) in [5.41, 5.74) is 0.814. The third kappa shape index (κ3) is 7.63. The molecule has 0 unspecified atom stereocenters. The van der Waals surface area contributed by atoms with E-state index >= 15 is 0 Å². The second-order valence-electron chi connectivity index (χ2n) is 6.40. The van der Waals surface area contributed by atoms with E-state index in [4.69, 9.17) is 16.3 Å². The molecular weight excluding hydrogens is 415 g/mol. The van der Waals surface area contributed by atoms with Gasteiger partial charge in [0.25, 0.3) is 5.91 Å². The van der Waals surface area contributed by atoms with E-state index in [1.54, 1.807) is 24.3 Å². The minimum Gasteiger partial charge on any atom is -0.456 e. The van der Waals surface area contributed by atoms with E-state index in [1.807, 2.05) is 0 Å². The Morgan fingerprint density at radius 3 is 2.27 bits per heavy atom. The summed E-state index contributed by atoms with van der Waals surface area (Å²) in [6.07, 6.45) is -0.242. The van der Waals surface area contributed by atoms with Crippen LogP contribution >= 0.6 is 11.6 Å². The van der Waals surface area contributed by atoms with Crippen LogP contribution in [0.15, 0.2) is 48.5 Å². The summed E-state index contributed by atoms with van der Waals surface area (Å²) in [5.74, 6) is -2.45. The quantitative estimate of drug-likeness (QED) is 0.483. The molecule has 0 aliphatic rings. The van der Waals surface area contributed by atoms with E-state index in [9.17, 15) is 23.6 Å². The summed E-state index contributed by atoms with van der Waals surface area (Å²) >= 11 is 5.76. The number of carbonyl (C=O) groups is 4. The molecule has 0 atom stereocenters. The van der Waals surface area contributed by atoms with Crippen molar-refractivity contribution in [3.63, 3.8) is 0 Å². The summed E-state index contributed by atoms with van der Waals surface area (Å²) < 4.78 is 17.7. The SMILES string of the molecule is CN(CC(=O)Nc1ccc(F)cc1)C(=O)COC(=O)CCC(=O)c1ccc(Cl)cc1. The molecule has 7 nitrogen and oxygen atoms in total. The zero-order valence-corrected chi connectivity index (χ0v) is 16.9. The molecule has 0 saturated carbocycles. The van der Waals surface area contributed by atoms with Crippen molar-refractivity contribution in [3.05, 3.63) is 64.9 Å². The number of esters is 1. The normalized spacial score (nSPS) is 10.2. The number of likely N-dealkylation sites (N-methyl/N-ethyl adjacent to an activating group) is 1. The van der Waals surface area contributed by atoms with Crippen molar-refractivity contribution in [2.24, 2.45) is 0 Å². The zero-order valence-electron chi connectivity index (χ0n) is 16.2. The summed E-state index contributed by atoms with van der Waals surface area (Å²) in [6.45, 7) is -0.822. The molecule has 158 valence electrons. The van der Waals surface area contributed by atoms with Gasteiger partial charge in [0.05, 0.1) is 13.0 Å². The number of anilines is 1. The Morgan fingerprint density at radius 1 is 1.00 bits per heavy atom. The molecule has 2 aromatic rings. The van der Waals surface area contributed by atoms with Crippen molar-refractivity contribution in [1.82, 2.24) is 4.90 Å². The number of ketones is 1. The Hall–Kier alpha value is -3.26. The third-order valence-corrected chi connectivity index (χ3v) is 4.27. The van der Waals surface area contributed by atoms with E-state index in [2.05, 4.69) is 5.32 Å². The smallest absolute Gasteiger partial charge is 0.306 e. The van der Waals surface area contributed by atoms with Crippen LogP contribution in [0.3, 0.4) is 0 Å². The van der Waals surface area contributed by atoms with Gasteiger partial charge < -0.3 is 15.0 Å². The van der Waals surface area contributed by atoms with E-state index in [0.717, 1.165) is 4.90 Å². The summed E-state index contributed by atoms with van der Waals surface area (Å²) in [4.78, 5) is 48.8. The van der Waals surface area contributed by atoms with E-state index in [1.165, 1.54) is 31.3 Å². The lowest BCUT2D eigenvalue weighted by atomic mass is 10.1. The van der Waals surface area contributed by atoms with Gasteiger partial charge in [0.2, 0.25) is 5.91 Å². The number of rotatable bonds is 9. The van der Waals surface area contributed by atoms with Crippen molar-refractivity contribution in [2.75, 3.05) is 25.5 Å². The molecule has 2 amide bonds. The highest BCUT2D eigenvalue weighted by Crippen LogP contribution is 2.12. The first kappa shape index (κ1) is 23.0. The number of hydrogen-bond donors (Lipinski definition) is 1. The van der Waals surface area contributed by atoms with Crippen LogP contribution in [0, 0.1) is 5.82 Å². The lowest BCUT2D eigenvalue weighted by molar-refractivity contribution is -0.151. The van der Waals surface area contributed by atoms with Crippen LogP contribution in [0.4, 0.5) is 10.1 Å². The molecule has 0 saturated heterocycles. The Bertz CT molecular complexity index is 916. The molecule has 30 heavy (non-hydrogen) atoms. The van der Waals surface area contributed by atoms with Crippen LogP contribution in [-0.2, 0) is 19.1 Å². The van der Waals surface area contributed by atoms with Crippen LogP contribution < -0.4 is 5.32 Å². The van der Waals surface area contributed by atoms with Gasteiger partial charge in [-0.1, -0.05) is 11.6 Å². The fourth-order valence-electron chi connectivity index (χ4n) is 2.36. The number of halogens is 2.